The van der Waals surface area contributed by atoms with Gasteiger partial charge in [0.2, 0.25) is 5.91 Å². The average molecular weight is 225 g/mol. The number of hydrogen-bond acceptors (Lipinski definition) is 3. The van der Waals surface area contributed by atoms with Gasteiger partial charge in [0.05, 0.1) is 12.0 Å². The molecule has 0 aliphatic rings. The first-order chi connectivity index (χ1) is 7.42. The van der Waals surface area contributed by atoms with Gasteiger partial charge >= 0.3 is 5.97 Å². The fourth-order valence-electron chi connectivity index (χ4n) is 1.12. The van der Waals surface area contributed by atoms with Crippen molar-refractivity contribution in [1.82, 2.24) is 15.3 Å². The van der Waals surface area contributed by atoms with E-state index in [0.29, 0.717) is 5.82 Å². The fourth-order valence-corrected chi connectivity index (χ4v) is 1.12. The number of hydrogen-bond donors (Lipinski definition) is 3. The molecule has 6 nitrogen and oxygen atoms in total. The topological polar surface area (TPSA) is 95.1 Å². The van der Waals surface area contributed by atoms with Crippen LogP contribution in [-0.4, -0.2) is 27.0 Å². The predicted molar refractivity (Wildman–Crippen MR) is 56.5 cm³/mol. The Morgan fingerprint density at radius 3 is 2.75 bits per heavy atom. The Hall–Kier alpha value is -1.85. The number of aromatic nitrogens is 2. The minimum atomic E-state index is -1.05. The summed E-state index contributed by atoms with van der Waals surface area (Å²) >= 11 is 0. The minimum absolute atomic E-state index is 0.0525. The van der Waals surface area contributed by atoms with Gasteiger partial charge in [-0.25, -0.2) is 4.98 Å². The highest BCUT2D eigenvalue weighted by Crippen LogP contribution is 2.19. The van der Waals surface area contributed by atoms with Crippen LogP contribution < -0.4 is 5.32 Å². The lowest BCUT2D eigenvalue weighted by Crippen LogP contribution is -2.33. The summed E-state index contributed by atoms with van der Waals surface area (Å²) in [6.45, 7) is 3.31. The second kappa shape index (κ2) is 4.78. The molecule has 0 spiro atoms. The van der Waals surface area contributed by atoms with Crippen LogP contribution in [-0.2, 0) is 16.1 Å². The van der Waals surface area contributed by atoms with E-state index in [9.17, 15) is 9.59 Å². The molecule has 1 aromatic heterocycles. The lowest BCUT2D eigenvalue weighted by atomic mass is 9.89. The monoisotopic (exact) mass is 225 g/mol. The molecule has 0 fully saturated rings. The number of aromatic amines is 1. The lowest BCUT2D eigenvalue weighted by Gasteiger charge is -2.17. The zero-order valence-corrected chi connectivity index (χ0v) is 9.28. The first kappa shape index (κ1) is 12.2. The number of nitrogens with zero attached hydrogens (tertiary/aromatic N) is 1. The van der Waals surface area contributed by atoms with Crippen LogP contribution in [0.4, 0.5) is 0 Å². The molecule has 6 heteroatoms. The number of carbonyl (C=O) groups excluding carboxylic acids is 1. The third-order valence-electron chi connectivity index (χ3n) is 2.19. The quantitative estimate of drug-likeness (QED) is 0.681. The first-order valence-electron chi connectivity index (χ1n) is 4.90. The van der Waals surface area contributed by atoms with E-state index in [1.807, 2.05) is 0 Å². The molecule has 0 unspecified atom stereocenters. The molecule has 1 heterocycles. The highest BCUT2D eigenvalue weighted by atomic mass is 16.4. The SMILES string of the molecule is CC(C)(CC(=O)NCc1ncc[nH]1)C(=O)O. The lowest BCUT2D eigenvalue weighted by molar-refractivity contribution is -0.149. The maximum Gasteiger partial charge on any atom is 0.309 e. The van der Waals surface area contributed by atoms with Crippen LogP contribution in [0.3, 0.4) is 0 Å². The molecule has 0 saturated heterocycles. The maximum atomic E-state index is 11.4. The normalized spacial score (nSPS) is 11.1. The molecule has 0 aliphatic heterocycles. The Balaban J connectivity index is 2.39. The van der Waals surface area contributed by atoms with Crippen molar-refractivity contribution in [1.29, 1.82) is 0 Å². The summed E-state index contributed by atoms with van der Waals surface area (Å²) in [6, 6.07) is 0. The number of aliphatic carboxylic acids is 1. The Morgan fingerprint density at radius 2 is 2.25 bits per heavy atom. The van der Waals surface area contributed by atoms with Crippen molar-refractivity contribution < 1.29 is 14.7 Å². The standard InChI is InChI=1S/C10H15N3O3/c1-10(2,9(15)16)5-8(14)13-6-7-11-3-4-12-7/h3-4H,5-6H2,1-2H3,(H,11,12)(H,13,14)(H,15,16). The van der Waals surface area contributed by atoms with Crippen molar-refractivity contribution in [2.45, 2.75) is 26.8 Å². The molecule has 3 N–H and O–H groups in total. The molecule has 0 bridgehead atoms. The van der Waals surface area contributed by atoms with Crippen LogP contribution >= 0.6 is 0 Å². The van der Waals surface area contributed by atoms with Crippen LogP contribution in [0.15, 0.2) is 12.4 Å². The summed E-state index contributed by atoms with van der Waals surface area (Å²) in [4.78, 5) is 29.0. The van der Waals surface area contributed by atoms with Crippen LogP contribution in [0.2, 0.25) is 0 Å². The molecule has 1 aromatic rings. The van der Waals surface area contributed by atoms with Crippen molar-refractivity contribution in [2.75, 3.05) is 0 Å². The Bertz CT molecular complexity index is 371. The minimum Gasteiger partial charge on any atom is -0.481 e. The van der Waals surface area contributed by atoms with Gasteiger partial charge in [0.1, 0.15) is 5.82 Å². The molecule has 16 heavy (non-hydrogen) atoms. The van der Waals surface area contributed by atoms with E-state index in [2.05, 4.69) is 15.3 Å². The second-order valence-corrected chi connectivity index (χ2v) is 4.18. The molecule has 1 amide bonds. The van der Waals surface area contributed by atoms with E-state index in [-0.39, 0.29) is 18.9 Å². The summed E-state index contributed by atoms with van der Waals surface area (Å²) in [6.07, 6.45) is 3.19. The highest BCUT2D eigenvalue weighted by molar-refractivity contribution is 5.84. The summed E-state index contributed by atoms with van der Waals surface area (Å²) in [5.74, 6) is -0.647. The zero-order valence-electron chi connectivity index (χ0n) is 9.28. The summed E-state index contributed by atoms with van der Waals surface area (Å²) in [5.41, 5.74) is -1.05. The smallest absolute Gasteiger partial charge is 0.309 e. The zero-order chi connectivity index (χ0) is 12.2. The van der Waals surface area contributed by atoms with E-state index < -0.39 is 11.4 Å². The van der Waals surface area contributed by atoms with Crippen LogP contribution in [0.25, 0.3) is 0 Å². The van der Waals surface area contributed by atoms with Gasteiger partial charge in [0.25, 0.3) is 0 Å². The predicted octanol–water partition coefficient (Wildman–Crippen LogP) is 0.527. The summed E-state index contributed by atoms with van der Waals surface area (Å²) in [5, 5.41) is 11.4. The Labute approximate surface area is 93.1 Å². The molecule has 0 saturated carbocycles. The van der Waals surface area contributed by atoms with Crippen molar-refractivity contribution in [3.63, 3.8) is 0 Å². The molecule has 1 rings (SSSR count). The number of nitrogens with one attached hydrogen (secondary N) is 2. The fraction of sp³-hybridized carbons (Fsp3) is 0.500. The first-order valence-corrected chi connectivity index (χ1v) is 4.90. The molecule has 0 aliphatic carbocycles. The van der Waals surface area contributed by atoms with Crippen LogP contribution in [0, 0.1) is 5.41 Å². The molecule has 0 aromatic carbocycles. The Kier molecular flexibility index (Phi) is 3.65. The summed E-state index contributed by atoms with van der Waals surface area (Å²) < 4.78 is 0. The second-order valence-electron chi connectivity index (χ2n) is 4.18. The number of carbonyl (C=O) groups is 2. The van der Waals surface area contributed by atoms with Gasteiger partial charge in [0.15, 0.2) is 0 Å². The van der Waals surface area contributed by atoms with Gasteiger partial charge in [-0.2, -0.15) is 0 Å². The van der Waals surface area contributed by atoms with Gasteiger partial charge in [-0.3, -0.25) is 9.59 Å². The van der Waals surface area contributed by atoms with E-state index in [1.165, 1.54) is 13.8 Å². The van der Waals surface area contributed by atoms with Crippen LogP contribution in [0.1, 0.15) is 26.1 Å². The molecular formula is C10H15N3O3. The number of rotatable bonds is 5. The van der Waals surface area contributed by atoms with Gasteiger partial charge in [-0.1, -0.05) is 0 Å². The van der Waals surface area contributed by atoms with E-state index in [1.54, 1.807) is 12.4 Å². The van der Waals surface area contributed by atoms with Crippen molar-refractivity contribution >= 4 is 11.9 Å². The van der Waals surface area contributed by atoms with E-state index in [4.69, 9.17) is 5.11 Å². The van der Waals surface area contributed by atoms with Crippen molar-refractivity contribution in [3.05, 3.63) is 18.2 Å². The number of imidazole rings is 1. The number of amides is 1. The van der Waals surface area contributed by atoms with Gasteiger partial charge in [-0.15, -0.1) is 0 Å². The third-order valence-corrected chi connectivity index (χ3v) is 2.19. The van der Waals surface area contributed by atoms with Crippen molar-refractivity contribution in [2.24, 2.45) is 5.41 Å². The van der Waals surface area contributed by atoms with Gasteiger partial charge in [0, 0.05) is 18.8 Å². The third kappa shape index (κ3) is 3.38. The highest BCUT2D eigenvalue weighted by Gasteiger charge is 2.29. The number of carboxylic acids is 1. The van der Waals surface area contributed by atoms with Crippen molar-refractivity contribution in [3.8, 4) is 0 Å². The largest absolute Gasteiger partial charge is 0.481 e. The molecular weight excluding hydrogens is 210 g/mol. The van der Waals surface area contributed by atoms with Gasteiger partial charge in [-0.05, 0) is 13.8 Å². The summed E-state index contributed by atoms with van der Waals surface area (Å²) in [7, 11) is 0. The van der Waals surface area contributed by atoms with Gasteiger partial charge < -0.3 is 15.4 Å². The molecule has 0 atom stereocenters. The Morgan fingerprint density at radius 1 is 1.56 bits per heavy atom. The average Bonchev–Trinajstić information content (AvgIpc) is 2.66. The number of carboxylic acid groups (broad SMARTS) is 1. The van der Waals surface area contributed by atoms with Crippen LogP contribution in [0.5, 0.6) is 0 Å². The van der Waals surface area contributed by atoms with E-state index >= 15 is 0 Å². The number of H-pyrrole nitrogens is 1. The molecule has 0 radical (unpaired) electrons. The molecule has 88 valence electrons. The van der Waals surface area contributed by atoms with E-state index in [0.717, 1.165) is 0 Å². The maximum absolute atomic E-state index is 11.4.